The van der Waals surface area contributed by atoms with Crippen molar-refractivity contribution in [3.63, 3.8) is 0 Å². The van der Waals surface area contributed by atoms with Crippen LogP contribution in [0.2, 0.25) is 0 Å². The first kappa shape index (κ1) is 16.0. The van der Waals surface area contributed by atoms with Crippen LogP contribution in [0.3, 0.4) is 0 Å². The van der Waals surface area contributed by atoms with Crippen LogP contribution >= 0.6 is 0 Å². The monoisotopic (exact) mass is 352 g/mol. The molecule has 0 atom stereocenters. The Bertz CT molecular complexity index is 951. The summed E-state index contributed by atoms with van der Waals surface area (Å²) in [6.45, 7) is 1.03. The molecule has 1 amide bonds. The third kappa shape index (κ3) is 3.06. The molecule has 0 unspecified atom stereocenters. The molecular formula is C19H16N2O5. The topological polar surface area (TPSA) is 82.8 Å². The first-order valence-corrected chi connectivity index (χ1v) is 8.06. The molecule has 0 bridgehead atoms. The van der Waals surface area contributed by atoms with Crippen molar-refractivity contribution in [3.8, 4) is 28.6 Å². The minimum atomic E-state index is -0.387. The zero-order chi connectivity index (χ0) is 17.9. The van der Waals surface area contributed by atoms with E-state index in [1.807, 2.05) is 18.2 Å². The molecule has 132 valence electrons. The maximum Gasteiger partial charge on any atom is 0.277 e. The molecule has 0 aliphatic carbocycles. The number of fused-ring (bicyclic) bond motifs is 1. The first-order valence-electron chi connectivity index (χ1n) is 8.06. The van der Waals surface area contributed by atoms with E-state index in [1.54, 1.807) is 37.4 Å². The van der Waals surface area contributed by atoms with Crippen molar-refractivity contribution in [2.24, 2.45) is 0 Å². The van der Waals surface area contributed by atoms with Crippen molar-refractivity contribution in [2.75, 3.05) is 25.6 Å². The molecule has 0 saturated heterocycles. The van der Waals surface area contributed by atoms with E-state index in [2.05, 4.69) is 10.5 Å². The van der Waals surface area contributed by atoms with Crippen LogP contribution in [-0.4, -0.2) is 31.4 Å². The number of benzene rings is 2. The van der Waals surface area contributed by atoms with Gasteiger partial charge in [0.2, 0.25) is 0 Å². The molecule has 7 heteroatoms. The fourth-order valence-corrected chi connectivity index (χ4v) is 2.65. The summed E-state index contributed by atoms with van der Waals surface area (Å²) < 4.78 is 21.6. The Hall–Kier alpha value is -3.48. The van der Waals surface area contributed by atoms with E-state index >= 15 is 0 Å². The van der Waals surface area contributed by atoms with Crippen LogP contribution in [0.15, 0.2) is 53.1 Å². The van der Waals surface area contributed by atoms with E-state index in [9.17, 15) is 4.79 Å². The molecule has 1 N–H and O–H groups in total. The van der Waals surface area contributed by atoms with E-state index in [-0.39, 0.29) is 11.6 Å². The number of aromatic nitrogens is 1. The molecule has 2 heterocycles. The number of amides is 1. The van der Waals surface area contributed by atoms with Gasteiger partial charge in [-0.25, -0.2) is 0 Å². The van der Waals surface area contributed by atoms with Crippen LogP contribution in [0.25, 0.3) is 11.3 Å². The lowest BCUT2D eigenvalue weighted by atomic mass is 10.1. The Morgan fingerprint density at radius 1 is 1.08 bits per heavy atom. The van der Waals surface area contributed by atoms with Gasteiger partial charge in [-0.05, 0) is 30.3 Å². The van der Waals surface area contributed by atoms with Crippen molar-refractivity contribution >= 4 is 11.6 Å². The van der Waals surface area contributed by atoms with Crippen LogP contribution in [0.5, 0.6) is 17.2 Å². The minimum absolute atomic E-state index is 0.167. The molecule has 2 aromatic carbocycles. The van der Waals surface area contributed by atoms with Crippen molar-refractivity contribution in [1.82, 2.24) is 5.16 Å². The Kier molecular flexibility index (Phi) is 4.18. The van der Waals surface area contributed by atoms with E-state index in [0.29, 0.717) is 41.9 Å². The average Bonchev–Trinajstić information content (AvgIpc) is 3.18. The molecule has 0 radical (unpaired) electrons. The van der Waals surface area contributed by atoms with Crippen molar-refractivity contribution in [2.45, 2.75) is 0 Å². The van der Waals surface area contributed by atoms with Crippen LogP contribution in [0.1, 0.15) is 10.5 Å². The van der Waals surface area contributed by atoms with Gasteiger partial charge in [0.1, 0.15) is 19.0 Å². The highest BCUT2D eigenvalue weighted by Crippen LogP contribution is 2.34. The van der Waals surface area contributed by atoms with Crippen molar-refractivity contribution < 1.29 is 23.5 Å². The average molecular weight is 352 g/mol. The number of nitrogens with one attached hydrogen (secondary N) is 1. The van der Waals surface area contributed by atoms with Crippen LogP contribution in [0.4, 0.5) is 5.69 Å². The van der Waals surface area contributed by atoms with E-state index in [4.69, 9.17) is 18.7 Å². The number of carbonyl (C=O) groups excluding carboxylic acids is 1. The second kappa shape index (κ2) is 6.79. The molecule has 1 aliphatic heterocycles. The number of para-hydroxylation sites is 2. The van der Waals surface area contributed by atoms with Gasteiger partial charge in [0.05, 0.1) is 12.8 Å². The summed E-state index contributed by atoms with van der Waals surface area (Å²) in [7, 11) is 1.54. The Morgan fingerprint density at radius 3 is 2.73 bits per heavy atom. The highest BCUT2D eigenvalue weighted by atomic mass is 16.6. The fraction of sp³-hybridized carbons (Fsp3) is 0.158. The van der Waals surface area contributed by atoms with Gasteiger partial charge in [0.15, 0.2) is 23.0 Å². The van der Waals surface area contributed by atoms with Gasteiger partial charge in [-0.1, -0.05) is 17.3 Å². The minimum Gasteiger partial charge on any atom is -0.495 e. The predicted octanol–water partition coefficient (Wildman–Crippen LogP) is 3.37. The number of rotatable bonds is 4. The second-order valence-corrected chi connectivity index (χ2v) is 5.59. The summed E-state index contributed by atoms with van der Waals surface area (Å²) in [5.41, 5.74) is 1.47. The SMILES string of the molecule is COc1ccccc1NC(=O)c1cc(-c2ccc3c(c2)OCCO3)on1. The number of anilines is 1. The lowest BCUT2D eigenvalue weighted by Gasteiger charge is -2.18. The summed E-state index contributed by atoms with van der Waals surface area (Å²) >= 11 is 0. The Morgan fingerprint density at radius 2 is 1.88 bits per heavy atom. The molecule has 26 heavy (non-hydrogen) atoms. The molecule has 0 fully saturated rings. The quantitative estimate of drug-likeness (QED) is 0.775. The number of nitrogens with zero attached hydrogens (tertiary/aromatic N) is 1. The fourth-order valence-electron chi connectivity index (χ4n) is 2.65. The lowest BCUT2D eigenvalue weighted by Crippen LogP contribution is -2.15. The summed E-state index contributed by atoms with van der Waals surface area (Å²) in [6.07, 6.45) is 0. The molecule has 3 aromatic rings. The Balaban J connectivity index is 1.55. The lowest BCUT2D eigenvalue weighted by molar-refractivity contribution is 0.101. The number of hydrogen-bond acceptors (Lipinski definition) is 6. The smallest absolute Gasteiger partial charge is 0.277 e. The predicted molar refractivity (Wildman–Crippen MR) is 93.9 cm³/mol. The van der Waals surface area contributed by atoms with E-state index in [0.717, 1.165) is 5.56 Å². The summed E-state index contributed by atoms with van der Waals surface area (Å²) in [5.74, 6) is 1.98. The molecule has 0 spiro atoms. The van der Waals surface area contributed by atoms with Crippen LogP contribution < -0.4 is 19.5 Å². The number of methoxy groups -OCH3 is 1. The third-order valence-electron chi connectivity index (χ3n) is 3.92. The first-order chi connectivity index (χ1) is 12.7. The largest absolute Gasteiger partial charge is 0.495 e. The molecule has 4 rings (SSSR count). The maximum absolute atomic E-state index is 12.4. The van der Waals surface area contributed by atoms with Gasteiger partial charge < -0.3 is 24.1 Å². The normalized spacial score (nSPS) is 12.5. The number of carbonyl (C=O) groups is 1. The summed E-state index contributed by atoms with van der Waals surface area (Å²) in [5, 5.41) is 6.62. The van der Waals surface area contributed by atoms with Gasteiger partial charge in [-0.15, -0.1) is 0 Å². The molecule has 7 nitrogen and oxygen atoms in total. The maximum atomic E-state index is 12.4. The number of ether oxygens (including phenoxy) is 3. The standard InChI is InChI=1S/C19H16N2O5/c1-23-15-5-3-2-4-13(15)20-19(22)14-11-17(26-21-14)12-6-7-16-18(10-12)25-9-8-24-16/h2-7,10-11H,8-9H2,1H3,(H,20,22). The van der Waals surface area contributed by atoms with E-state index in [1.165, 1.54) is 0 Å². The van der Waals surface area contributed by atoms with Gasteiger partial charge >= 0.3 is 0 Å². The van der Waals surface area contributed by atoms with Gasteiger partial charge in [0.25, 0.3) is 5.91 Å². The Labute approximate surface area is 149 Å². The van der Waals surface area contributed by atoms with Gasteiger partial charge in [-0.2, -0.15) is 0 Å². The summed E-state index contributed by atoms with van der Waals surface area (Å²) in [4.78, 5) is 12.4. The zero-order valence-corrected chi connectivity index (χ0v) is 14.0. The molecule has 1 aliphatic rings. The van der Waals surface area contributed by atoms with Crippen molar-refractivity contribution in [1.29, 1.82) is 0 Å². The zero-order valence-electron chi connectivity index (χ0n) is 14.0. The van der Waals surface area contributed by atoms with Gasteiger partial charge in [0, 0.05) is 11.6 Å². The van der Waals surface area contributed by atoms with E-state index < -0.39 is 0 Å². The van der Waals surface area contributed by atoms with Crippen LogP contribution in [0, 0.1) is 0 Å². The van der Waals surface area contributed by atoms with Crippen molar-refractivity contribution in [3.05, 3.63) is 54.2 Å². The molecule has 0 saturated carbocycles. The number of hydrogen-bond donors (Lipinski definition) is 1. The summed E-state index contributed by atoms with van der Waals surface area (Å²) in [6, 6.07) is 14.2. The highest BCUT2D eigenvalue weighted by Gasteiger charge is 2.18. The van der Waals surface area contributed by atoms with Gasteiger partial charge in [-0.3, -0.25) is 4.79 Å². The molecule has 1 aromatic heterocycles. The molecular weight excluding hydrogens is 336 g/mol. The second-order valence-electron chi connectivity index (χ2n) is 5.59. The van der Waals surface area contributed by atoms with Crippen LogP contribution in [-0.2, 0) is 0 Å². The highest BCUT2D eigenvalue weighted by molar-refractivity contribution is 6.04. The third-order valence-corrected chi connectivity index (χ3v) is 3.92.